The van der Waals surface area contributed by atoms with Crippen LogP contribution in [0.15, 0.2) is 97.1 Å². The van der Waals surface area contributed by atoms with Gasteiger partial charge in [0, 0.05) is 0 Å². The lowest BCUT2D eigenvalue weighted by molar-refractivity contribution is 0.336. The standard InChI is InChI=1S/C30H27F2O3P/c31-27-20-24(22-10-4-1-5-11-22)16-18-29(27)34-36(33,26-14-8-3-9-15-26)35-30-19-17-25(21-28(30)32)23-12-6-2-7-13-23/h1-2,4-7,10-13,16-21,26H,3,8-9,14-15H2. The fraction of sp³-hybridized carbons (Fsp3) is 0.200. The maximum absolute atomic E-state index is 15.1. The molecule has 3 nitrogen and oxygen atoms in total. The van der Waals surface area contributed by atoms with Gasteiger partial charge >= 0.3 is 7.60 Å². The van der Waals surface area contributed by atoms with Crippen LogP contribution in [0.4, 0.5) is 8.78 Å². The van der Waals surface area contributed by atoms with Crippen molar-refractivity contribution in [1.29, 1.82) is 0 Å². The van der Waals surface area contributed by atoms with Crippen LogP contribution in [-0.2, 0) is 4.57 Å². The van der Waals surface area contributed by atoms with Crippen LogP contribution in [-0.4, -0.2) is 5.66 Å². The third kappa shape index (κ3) is 5.37. The number of hydrogen-bond donors (Lipinski definition) is 0. The third-order valence-electron chi connectivity index (χ3n) is 6.55. The van der Waals surface area contributed by atoms with E-state index in [1.54, 1.807) is 12.1 Å². The molecule has 4 aromatic carbocycles. The lowest BCUT2D eigenvalue weighted by Gasteiger charge is -2.30. The van der Waals surface area contributed by atoms with Gasteiger partial charge in [-0.1, -0.05) is 92.1 Å². The van der Waals surface area contributed by atoms with Crippen molar-refractivity contribution in [3.63, 3.8) is 0 Å². The predicted molar refractivity (Wildman–Crippen MR) is 139 cm³/mol. The maximum atomic E-state index is 15.1. The molecule has 1 aliphatic rings. The van der Waals surface area contributed by atoms with Crippen LogP contribution in [0.3, 0.4) is 0 Å². The Balaban J connectivity index is 1.44. The second-order valence-electron chi connectivity index (χ2n) is 9.04. The first-order valence-corrected chi connectivity index (χ1v) is 13.8. The van der Waals surface area contributed by atoms with E-state index in [-0.39, 0.29) is 11.5 Å². The van der Waals surface area contributed by atoms with E-state index >= 15 is 8.78 Å². The molecule has 0 heterocycles. The van der Waals surface area contributed by atoms with E-state index in [9.17, 15) is 4.57 Å². The smallest absolute Gasteiger partial charge is 0.413 e. The molecule has 6 heteroatoms. The molecule has 0 radical (unpaired) electrons. The minimum Gasteiger partial charge on any atom is -0.413 e. The van der Waals surface area contributed by atoms with Gasteiger partial charge in [-0.3, -0.25) is 0 Å². The zero-order chi connectivity index (χ0) is 25.0. The summed E-state index contributed by atoms with van der Waals surface area (Å²) >= 11 is 0. The normalized spacial score (nSPS) is 14.4. The van der Waals surface area contributed by atoms with E-state index in [1.165, 1.54) is 24.3 Å². The van der Waals surface area contributed by atoms with Gasteiger partial charge in [-0.05, 0) is 59.4 Å². The average Bonchev–Trinajstić information content (AvgIpc) is 2.92. The topological polar surface area (TPSA) is 35.5 Å². The zero-order valence-corrected chi connectivity index (χ0v) is 20.7. The molecule has 0 aromatic heterocycles. The molecule has 0 spiro atoms. The van der Waals surface area contributed by atoms with Crippen molar-refractivity contribution in [2.45, 2.75) is 37.8 Å². The molecule has 0 N–H and O–H groups in total. The molecule has 5 rings (SSSR count). The Bertz CT molecular complexity index is 1270. The van der Waals surface area contributed by atoms with Crippen LogP contribution in [0.5, 0.6) is 11.5 Å². The lowest BCUT2D eigenvalue weighted by atomic mass is 10.0. The summed E-state index contributed by atoms with van der Waals surface area (Å²) in [6.45, 7) is 0. The summed E-state index contributed by atoms with van der Waals surface area (Å²) < 4.78 is 56.0. The van der Waals surface area contributed by atoms with Crippen molar-refractivity contribution in [3.8, 4) is 33.8 Å². The fourth-order valence-electron chi connectivity index (χ4n) is 4.61. The molecule has 0 atom stereocenters. The van der Waals surface area contributed by atoms with E-state index in [0.29, 0.717) is 24.0 Å². The molecule has 184 valence electrons. The van der Waals surface area contributed by atoms with Gasteiger partial charge in [0.05, 0.1) is 5.66 Å². The summed E-state index contributed by atoms with van der Waals surface area (Å²) in [7, 11) is -3.95. The largest absolute Gasteiger partial charge is 0.433 e. The van der Waals surface area contributed by atoms with Crippen LogP contribution in [0.2, 0.25) is 0 Å². The van der Waals surface area contributed by atoms with Crippen LogP contribution in [0, 0.1) is 11.6 Å². The van der Waals surface area contributed by atoms with Crippen molar-refractivity contribution in [3.05, 3.63) is 109 Å². The summed E-state index contributed by atoms with van der Waals surface area (Å²) in [5.41, 5.74) is 2.63. The minimum absolute atomic E-state index is 0.162. The first kappa shape index (κ1) is 24.3. The van der Waals surface area contributed by atoms with Crippen molar-refractivity contribution >= 4 is 7.60 Å². The first-order valence-electron chi connectivity index (χ1n) is 12.2. The summed E-state index contributed by atoms with van der Waals surface area (Å²) in [5, 5.41) is 0. The van der Waals surface area contributed by atoms with Gasteiger partial charge in [0.25, 0.3) is 0 Å². The monoisotopic (exact) mass is 504 g/mol. The highest BCUT2D eigenvalue weighted by molar-refractivity contribution is 7.55. The van der Waals surface area contributed by atoms with Crippen molar-refractivity contribution < 1.29 is 22.4 Å². The molecule has 1 saturated carbocycles. The molecular weight excluding hydrogens is 477 g/mol. The van der Waals surface area contributed by atoms with E-state index in [1.807, 2.05) is 60.7 Å². The van der Waals surface area contributed by atoms with Crippen LogP contribution < -0.4 is 9.05 Å². The van der Waals surface area contributed by atoms with E-state index in [4.69, 9.17) is 9.05 Å². The summed E-state index contributed by atoms with van der Waals surface area (Å²) in [4.78, 5) is 0. The summed E-state index contributed by atoms with van der Waals surface area (Å²) in [5.74, 6) is -1.61. The fourth-order valence-corrected chi connectivity index (χ4v) is 6.79. The van der Waals surface area contributed by atoms with Gasteiger partial charge in [-0.2, -0.15) is 0 Å². The molecule has 0 bridgehead atoms. The zero-order valence-electron chi connectivity index (χ0n) is 19.8. The summed E-state index contributed by atoms with van der Waals surface area (Å²) in [6, 6.07) is 27.9. The number of benzene rings is 4. The Labute approximate surface area is 210 Å². The molecule has 0 amide bonds. The Kier molecular flexibility index (Phi) is 7.20. The average molecular weight is 505 g/mol. The quantitative estimate of drug-likeness (QED) is 0.235. The highest BCUT2D eigenvalue weighted by Gasteiger charge is 2.41. The van der Waals surface area contributed by atoms with Crippen LogP contribution in [0.1, 0.15) is 32.1 Å². The van der Waals surface area contributed by atoms with E-state index in [2.05, 4.69) is 0 Å². The van der Waals surface area contributed by atoms with Gasteiger partial charge in [-0.25, -0.2) is 13.3 Å². The third-order valence-corrected chi connectivity index (χ3v) is 8.86. The second kappa shape index (κ2) is 10.7. The van der Waals surface area contributed by atoms with Crippen LogP contribution in [0.25, 0.3) is 22.3 Å². The minimum atomic E-state index is -3.95. The molecule has 36 heavy (non-hydrogen) atoms. The van der Waals surface area contributed by atoms with Gasteiger partial charge in [0.2, 0.25) is 0 Å². The van der Waals surface area contributed by atoms with Gasteiger partial charge in [0.1, 0.15) is 0 Å². The highest BCUT2D eigenvalue weighted by Crippen LogP contribution is 2.57. The maximum Gasteiger partial charge on any atom is 0.433 e. The number of hydrogen-bond acceptors (Lipinski definition) is 3. The van der Waals surface area contributed by atoms with Crippen molar-refractivity contribution in [2.24, 2.45) is 0 Å². The first-order chi connectivity index (χ1) is 17.5. The Morgan fingerprint density at radius 3 is 1.44 bits per heavy atom. The highest BCUT2D eigenvalue weighted by atomic mass is 31.2. The Morgan fingerprint density at radius 2 is 1.03 bits per heavy atom. The number of halogens is 2. The SMILES string of the molecule is O=P(Oc1ccc(-c2ccccc2)cc1F)(Oc1ccc(-c2ccccc2)cc1F)C1CCCCC1. The Morgan fingerprint density at radius 1 is 0.583 bits per heavy atom. The molecule has 0 unspecified atom stereocenters. The predicted octanol–water partition coefficient (Wildman–Crippen LogP) is 9.28. The lowest BCUT2D eigenvalue weighted by Crippen LogP contribution is -2.20. The molecule has 0 saturated heterocycles. The molecule has 0 aliphatic heterocycles. The molecule has 4 aromatic rings. The van der Waals surface area contributed by atoms with Gasteiger partial charge in [-0.15, -0.1) is 0 Å². The Hall–Kier alpha value is -3.43. The van der Waals surface area contributed by atoms with E-state index < -0.39 is 24.9 Å². The molecule has 1 aliphatic carbocycles. The number of rotatable bonds is 7. The van der Waals surface area contributed by atoms with Crippen molar-refractivity contribution in [1.82, 2.24) is 0 Å². The van der Waals surface area contributed by atoms with Crippen LogP contribution >= 0.6 is 7.60 Å². The van der Waals surface area contributed by atoms with Crippen molar-refractivity contribution in [2.75, 3.05) is 0 Å². The molecular formula is C30H27F2O3P. The molecule has 1 fully saturated rings. The summed E-state index contributed by atoms with van der Waals surface area (Å²) in [6.07, 6.45) is 3.99. The second-order valence-corrected chi connectivity index (χ2v) is 11.2. The van der Waals surface area contributed by atoms with Gasteiger partial charge in [0.15, 0.2) is 23.1 Å². The van der Waals surface area contributed by atoms with E-state index in [0.717, 1.165) is 30.4 Å². The van der Waals surface area contributed by atoms with Gasteiger partial charge < -0.3 is 9.05 Å².